The minimum Gasteiger partial charge on any atom is -0.497 e. The summed E-state index contributed by atoms with van der Waals surface area (Å²) in [7, 11) is 3.48. The zero-order valence-electron chi connectivity index (χ0n) is 18.9. The molecule has 1 aromatic carbocycles. The van der Waals surface area contributed by atoms with Crippen LogP contribution in [0.5, 0.6) is 5.75 Å². The van der Waals surface area contributed by atoms with Crippen LogP contribution in [-0.2, 0) is 9.47 Å². The van der Waals surface area contributed by atoms with Gasteiger partial charge in [-0.1, -0.05) is 12.1 Å². The first-order valence-corrected chi connectivity index (χ1v) is 11.0. The van der Waals surface area contributed by atoms with Crippen LogP contribution in [0, 0.1) is 0 Å². The fourth-order valence-electron chi connectivity index (χ4n) is 4.01. The number of guanidine groups is 1. The third-order valence-electron chi connectivity index (χ3n) is 5.76. The number of rotatable bonds is 6. The Morgan fingerprint density at radius 1 is 1.10 bits per heavy atom. The number of nitrogens with zero attached hydrogens (tertiary/aromatic N) is 4. The van der Waals surface area contributed by atoms with Crippen molar-refractivity contribution in [2.75, 3.05) is 79.8 Å². The molecule has 2 aliphatic rings. The summed E-state index contributed by atoms with van der Waals surface area (Å²) in [4.78, 5) is 22.8. The number of carbonyl (C=O) groups is 1. The Kier molecular flexibility index (Phi) is 8.78. The fourth-order valence-corrected chi connectivity index (χ4v) is 4.01. The minimum atomic E-state index is -0.239. The number of carbonyl (C=O) groups excluding carboxylic acids is 1. The summed E-state index contributed by atoms with van der Waals surface area (Å²) < 4.78 is 16.0. The summed E-state index contributed by atoms with van der Waals surface area (Å²) in [5.41, 5.74) is 1.23. The zero-order valence-corrected chi connectivity index (χ0v) is 18.9. The first-order chi connectivity index (χ1) is 15.2. The SMILES string of the molecule is CCOC(=O)N1CCN(C(=NC)NCC(c2ccc(OC)cc2)N2CCOCC2)CC1. The summed E-state index contributed by atoms with van der Waals surface area (Å²) in [6, 6.07) is 8.47. The second-order valence-electron chi connectivity index (χ2n) is 7.54. The molecule has 1 aromatic rings. The van der Waals surface area contributed by atoms with E-state index >= 15 is 0 Å². The van der Waals surface area contributed by atoms with E-state index in [9.17, 15) is 4.79 Å². The Hall–Kier alpha value is -2.52. The predicted molar refractivity (Wildman–Crippen MR) is 120 cm³/mol. The number of ether oxygens (including phenoxy) is 3. The topological polar surface area (TPSA) is 78.9 Å². The maximum absolute atomic E-state index is 12.0. The van der Waals surface area contributed by atoms with Crippen molar-refractivity contribution >= 4 is 12.1 Å². The first kappa shape index (κ1) is 23.1. The van der Waals surface area contributed by atoms with Crippen molar-refractivity contribution in [3.63, 3.8) is 0 Å². The third kappa shape index (κ3) is 6.24. The van der Waals surface area contributed by atoms with E-state index in [-0.39, 0.29) is 12.1 Å². The monoisotopic (exact) mass is 433 g/mol. The molecule has 3 rings (SSSR count). The Morgan fingerprint density at radius 2 is 1.74 bits per heavy atom. The molecule has 0 bridgehead atoms. The molecule has 0 spiro atoms. The molecule has 0 aromatic heterocycles. The molecule has 1 unspecified atom stereocenters. The van der Waals surface area contributed by atoms with Gasteiger partial charge in [0.05, 0.1) is 33.0 Å². The highest BCUT2D eigenvalue weighted by molar-refractivity contribution is 5.80. The van der Waals surface area contributed by atoms with Gasteiger partial charge in [0.1, 0.15) is 5.75 Å². The number of aliphatic imine (C=N–C) groups is 1. The number of nitrogens with one attached hydrogen (secondary N) is 1. The average molecular weight is 434 g/mol. The quantitative estimate of drug-likeness (QED) is 0.537. The third-order valence-corrected chi connectivity index (χ3v) is 5.76. The fraction of sp³-hybridized carbons (Fsp3) is 0.636. The van der Waals surface area contributed by atoms with Crippen LogP contribution in [0.3, 0.4) is 0 Å². The summed E-state index contributed by atoms with van der Waals surface area (Å²) in [6.45, 7) is 8.96. The smallest absolute Gasteiger partial charge is 0.409 e. The van der Waals surface area contributed by atoms with E-state index in [0.29, 0.717) is 19.7 Å². The van der Waals surface area contributed by atoms with E-state index in [1.807, 2.05) is 19.1 Å². The van der Waals surface area contributed by atoms with Gasteiger partial charge in [-0.3, -0.25) is 9.89 Å². The molecule has 31 heavy (non-hydrogen) atoms. The minimum absolute atomic E-state index is 0.201. The molecule has 0 radical (unpaired) electrons. The molecule has 9 heteroatoms. The highest BCUT2D eigenvalue weighted by Gasteiger charge is 2.26. The molecule has 1 amide bonds. The van der Waals surface area contributed by atoms with Crippen LogP contribution >= 0.6 is 0 Å². The maximum Gasteiger partial charge on any atom is 0.409 e. The molecule has 2 aliphatic heterocycles. The lowest BCUT2D eigenvalue weighted by atomic mass is 10.0. The largest absolute Gasteiger partial charge is 0.497 e. The second-order valence-corrected chi connectivity index (χ2v) is 7.54. The summed E-state index contributed by atoms with van der Waals surface area (Å²) >= 11 is 0. The number of methoxy groups -OCH3 is 1. The van der Waals surface area contributed by atoms with Gasteiger partial charge in [-0.15, -0.1) is 0 Å². The van der Waals surface area contributed by atoms with Crippen molar-refractivity contribution in [2.24, 2.45) is 4.99 Å². The van der Waals surface area contributed by atoms with E-state index < -0.39 is 0 Å². The van der Waals surface area contributed by atoms with Crippen LogP contribution in [0.4, 0.5) is 4.79 Å². The summed E-state index contributed by atoms with van der Waals surface area (Å²) in [5.74, 6) is 1.71. The van der Waals surface area contributed by atoms with Gasteiger partial charge in [0.2, 0.25) is 0 Å². The van der Waals surface area contributed by atoms with Crippen molar-refractivity contribution in [3.8, 4) is 5.75 Å². The maximum atomic E-state index is 12.0. The molecule has 0 saturated carbocycles. The molecule has 2 heterocycles. The van der Waals surface area contributed by atoms with E-state index in [1.54, 1.807) is 19.1 Å². The van der Waals surface area contributed by atoms with Crippen LogP contribution < -0.4 is 10.1 Å². The van der Waals surface area contributed by atoms with Gasteiger partial charge in [-0.2, -0.15) is 0 Å². The molecule has 2 saturated heterocycles. The first-order valence-electron chi connectivity index (χ1n) is 11.0. The molecule has 9 nitrogen and oxygen atoms in total. The van der Waals surface area contributed by atoms with Gasteiger partial charge in [-0.25, -0.2) is 4.79 Å². The van der Waals surface area contributed by atoms with Crippen molar-refractivity contribution in [2.45, 2.75) is 13.0 Å². The van der Waals surface area contributed by atoms with E-state index in [2.05, 4.69) is 32.2 Å². The Balaban J connectivity index is 1.62. The van der Waals surface area contributed by atoms with E-state index in [0.717, 1.165) is 57.6 Å². The van der Waals surface area contributed by atoms with Crippen molar-refractivity contribution < 1.29 is 19.0 Å². The number of amides is 1. The molecule has 172 valence electrons. The lowest BCUT2D eigenvalue weighted by molar-refractivity contribution is 0.0168. The predicted octanol–water partition coefficient (Wildman–Crippen LogP) is 1.42. The van der Waals surface area contributed by atoms with Crippen LogP contribution in [0.15, 0.2) is 29.3 Å². The number of benzene rings is 1. The van der Waals surface area contributed by atoms with Crippen molar-refractivity contribution in [3.05, 3.63) is 29.8 Å². The van der Waals surface area contributed by atoms with Gasteiger partial charge in [0.25, 0.3) is 0 Å². The van der Waals surface area contributed by atoms with Crippen LogP contribution in [0.2, 0.25) is 0 Å². The number of piperazine rings is 1. The lowest BCUT2D eigenvalue weighted by Crippen LogP contribution is -2.55. The molecule has 1 N–H and O–H groups in total. The van der Waals surface area contributed by atoms with Gasteiger partial charge < -0.3 is 29.3 Å². The lowest BCUT2D eigenvalue weighted by Gasteiger charge is -2.38. The highest BCUT2D eigenvalue weighted by Crippen LogP contribution is 2.23. The Bertz CT molecular complexity index is 713. The summed E-state index contributed by atoms with van der Waals surface area (Å²) in [5, 5.41) is 3.56. The van der Waals surface area contributed by atoms with Crippen molar-refractivity contribution in [1.29, 1.82) is 0 Å². The number of hydrogen-bond donors (Lipinski definition) is 1. The zero-order chi connectivity index (χ0) is 22.1. The van der Waals surface area contributed by atoms with E-state index in [1.165, 1.54) is 5.56 Å². The van der Waals surface area contributed by atoms with Gasteiger partial charge >= 0.3 is 6.09 Å². The van der Waals surface area contributed by atoms with Gasteiger partial charge in [-0.05, 0) is 24.6 Å². The van der Waals surface area contributed by atoms with Crippen LogP contribution in [-0.4, -0.2) is 107 Å². The molecular formula is C22H35N5O4. The van der Waals surface area contributed by atoms with Crippen LogP contribution in [0.25, 0.3) is 0 Å². The number of morpholine rings is 1. The Morgan fingerprint density at radius 3 is 2.32 bits per heavy atom. The molecule has 0 aliphatic carbocycles. The Labute approximate surface area is 184 Å². The van der Waals surface area contributed by atoms with Crippen LogP contribution in [0.1, 0.15) is 18.5 Å². The average Bonchev–Trinajstić information content (AvgIpc) is 2.83. The van der Waals surface area contributed by atoms with E-state index in [4.69, 9.17) is 14.2 Å². The van der Waals surface area contributed by atoms with Gasteiger partial charge in [0.15, 0.2) is 5.96 Å². The molecule has 1 atom stereocenters. The second kappa shape index (κ2) is 11.8. The summed E-state index contributed by atoms with van der Waals surface area (Å²) in [6.07, 6.45) is -0.239. The van der Waals surface area contributed by atoms with Crippen molar-refractivity contribution in [1.82, 2.24) is 20.0 Å². The molecular weight excluding hydrogens is 398 g/mol. The van der Waals surface area contributed by atoms with Gasteiger partial charge in [0, 0.05) is 52.9 Å². The highest BCUT2D eigenvalue weighted by atomic mass is 16.6. The standard InChI is InChI=1S/C22H35N5O4/c1-4-31-22(28)27-11-9-26(10-12-27)21(23-2)24-17-20(25-13-15-30-16-14-25)18-5-7-19(29-3)8-6-18/h5-8,20H,4,9-17H2,1-3H3,(H,23,24). The normalized spacial score (nSPS) is 19.1. The number of hydrogen-bond acceptors (Lipinski definition) is 6. The molecule has 2 fully saturated rings.